The Hall–Kier alpha value is -2.37. The third-order valence-electron chi connectivity index (χ3n) is 7.73. The molecule has 1 aliphatic carbocycles. The van der Waals surface area contributed by atoms with Crippen LogP contribution >= 0.6 is 0 Å². The number of carboxylic acids is 1. The molecule has 1 saturated heterocycles. The third kappa shape index (κ3) is 5.00. The number of aromatic nitrogens is 3. The number of carboxylic acid groups (broad SMARTS) is 1. The number of hydrogen-bond donors (Lipinski definition) is 0. The maximum absolute atomic E-state index is 12.9. The SMILES string of the molecule is Cc1nc2ccc(-c3ccc(N4CCC5CC5(C(=O)[O-])C4)nc3)cn2c1Cc1ccccc1OC(F)F.[K+]. The van der Waals surface area contributed by atoms with E-state index in [1.165, 1.54) is 0 Å². The molecule has 1 saturated carbocycles. The molecule has 2 atom stereocenters. The number of aliphatic carboxylic acids is 1. The van der Waals surface area contributed by atoms with Gasteiger partial charge in [-0.2, -0.15) is 8.78 Å². The van der Waals surface area contributed by atoms with Crippen molar-refractivity contribution in [3.05, 3.63) is 77.9 Å². The molecule has 0 radical (unpaired) electrons. The van der Waals surface area contributed by atoms with Crippen LogP contribution in [0.2, 0.25) is 0 Å². The number of nitrogens with zero attached hydrogens (tertiary/aromatic N) is 4. The summed E-state index contributed by atoms with van der Waals surface area (Å²) in [5.41, 5.74) is 4.20. The minimum atomic E-state index is -2.89. The molecule has 0 bridgehead atoms. The number of halogens is 2. The van der Waals surface area contributed by atoms with Crippen molar-refractivity contribution in [1.29, 1.82) is 0 Å². The van der Waals surface area contributed by atoms with Gasteiger partial charge in [-0.1, -0.05) is 18.2 Å². The van der Waals surface area contributed by atoms with E-state index < -0.39 is 18.0 Å². The molecule has 2 unspecified atom stereocenters. The van der Waals surface area contributed by atoms with Gasteiger partial charge in [0.25, 0.3) is 0 Å². The first-order valence-corrected chi connectivity index (χ1v) is 12.3. The number of benzene rings is 1. The van der Waals surface area contributed by atoms with Crippen LogP contribution in [-0.4, -0.2) is 40.0 Å². The van der Waals surface area contributed by atoms with Gasteiger partial charge < -0.3 is 23.9 Å². The smallest absolute Gasteiger partial charge is 0.549 e. The van der Waals surface area contributed by atoms with Gasteiger partial charge in [-0.25, -0.2) is 9.97 Å². The molecule has 10 heteroatoms. The van der Waals surface area contributed by atoms with E-state index >= 15 is 0 Å². The van der Waals surface area contributed by atoms with Crippen LogP contribution in [0.4, 0.5) is 14.6 Å². The first-order valence-electron chi connectivity index (χ1n) is 12.3. The second-order valence-electron chi connectivity index (χ2n) is 9.91. The van der Waals surface area contributed by atoms with Gasteiger partial charge in [0.2, 0.25) is 0 Å². The normalized spacial score (nSPS) is 20.2. The van der Waals surface area contributed by atoms with Crippen LogP contribution in [0.5, 0.6) is 5.75 Å². The summed E-state index contributed by atoms with van der Waals surface area (Å²) in [7, 11) is 0. The van der Waals surface area contributed by atoms with Crippen LogP contribution in [0, 0.1) is 18.3 Å². The van der Waals surface area contributed by atoms with Gasteiger partial charge in [-0.3, -0.25) is 0 Å². The first-order chi connectivity index (χ1) is 17.8. The number of para-hydroxylation sites is 1. The molecule has 3 aromatic heterocycles. The fourth-order valence-corrected chi connectivity index (χ4v) is 5.57. The zero-order chi connectivity index (χ0) is 25.7. The number of piperidine rings is 1. The molecular weight excluding hydrogens is 517 g/mol. The van der Waals surface area contributed by atoms with E-state index in [0.717, 1.165) is 46.9 Å². The van der Waals surface area contributed by atoms with Gasteiger partial charge in [0.1, 0.15) is 17.2 Å². The van der Waals surface area contributed by atoms with Gasteiger partial charge in [0.15, 0.2) is 0 Å². The van der Waals surface area contributed by atoms with Crippen LogP contribution in [0.3, 0.4) is 0 Å². The fourth-order valence-electron chi connectivity index (χ4n) is 5.57. The summed E-state index contributed by atoms with van der Waals surface area (Å²) in [6.07, 6.45) is 5.67. The summed E-state index contributed by atoms with van der Waals surface area (Å²) in [6, 6.07) is 14.6. The maximum atomic E-state index is 12.9. The molecule has 1 aromatic carbocycles. The van der Waals surface area contributed by atoms with Gasteiger partial charge >= 0.3 is 58.0 Å². The Morgan fingerprint density at radius 3 is 2.71 bits per heavy atom. The van der Waals surface area contributed by atoms with Crippen molar-refractivity contribution in [2.75, 3.05) is 18.0 Å². The number of pyridine rings is 2. The van der Waals surface area contributed by atoms with Gasteiger partial charge in [0.05, 0.1) is 5.69 Å². The largest absolute Gasteiger partial charge is 1.00 e. The van der Waals surface area contributed by atoms with E-state index in [9.17, 15) is 18.7 Å². The quantitative estimate of drug-likeness (QED) is 0.323. The zero-order valence-electron chi connectivity index (χ0n) is 21.2. The number of fused-ring (bicyclic) bond motifs is 2. The van der Waals surface area contributed by atoms with Crippen LogP contribution in [0.25, 0.3) is 16.8 Å². The number of anilines is 1. The van der Waals surface area contributed by atoms with Gasteiger partial charge in [-0.15, -0.1) is 0 Å². The number of hydrogen-bond acceptors (Lipinski definition) is 6. The molecule has 38 heavy (non-hydrogen) atoms. The van der Waals surface area contributed by atoms with Gasteiger partial charge in [-0.05, 0) is 56.0 Å². The summed E-state index contributed by atoms with van der Waals surface area (Å²) in [5.74, 6) is 0.174. The molecule has 4 aromatic rings. The second kappa shape index (κ2) is 10.7. The first kappa shape index (κ1) is 27.2. The van der Waals surface area contributed by atoms with Crippen molar-refractivity contribution in [2.24, 2.45) is 11.3 Å². The summed E-state index contributed by atoms with van der Waals surface area (Å²) in [5, 5.41) is 11.6. The Kier molecular flexibility index (Phi) is 7.63. The second-order valence-corrected chi connectivity index (χ2v) is 9.91. The summed E-state index contributed by atoms with van der Waals surface area (Å²) >= 11 is 0. The van der Waals surface area contributed by atoms with E-state index in [0.29, 0.717) is 24.9 Å². The topological polar surface area (TPSA) is 82.8 Å². The van der Waals surface area contributed by atoms with E-state index in [-0.39, 0.29) is 63.1 Å². The Morgan fingerprint density at radius 2 is 1.97 bits per heavy atom. The summed E-state index contributed by atoms with van der Waals surface area (Å²) < 4.78 is 32.5. The van der Waals surface area contributed by atoms with Crippen molar-refractivity contribution in [1.82, 2.24) is 14.4 Å². The van der Waals surface area contributed by atoms with Crippen molar-refractivity contribution in [2.45, 2.75) is 32.8 Å². The van der Waals surface area contributed by atoms with Crippen LogP contribution < -0.4 is 66.1 Å². The van der Waals surface area contributed by atoms with Crippen LogP contribution in [-0.2, 0) is 11.2 Å². The van der Waals surface area contributed by atoms with Crippen molar-refractivity contribution in [3.63, 3.8) is 0 Å². The predicted octanol–water partition coefficient (Wildman–Crippen LogP) is 0.867. The predicted molar refractivity (Wildman–Crippen MR) is 131 cm³/mol. The van der Waals surface area contributed by atoms with E-state index in [4.69, 9.17) is 4.74 Å². The van der Waals surface area contributed by atoms with Crippen LogP contribution in [0.1, 0.15) is 29.8 Å². The molecule has 2 fully saturated rings. The third-order valence-corrected chi connectivity index (χ3v) is 7.73. The summed E-state index contributed by atoms with van der Waals surface area (Å²) in [4.78, 5) is 23.0. The molecule has 0 amide bonds. The molecule has 6 rings (SSSR count). The van der Waals surface area contributed by atoms with E-state index in [2.05, 4.69) is 9.97 Å². The van der Waals surface area contributed by atoms with Crippen LogP contribution in [0.15, 0.2) is 60.9 Å². The number of alkyl halides is 2. The molecule has 190 valence electrons. The summed E-state index contributed by atoms with van der Waals surface area (Å²) in [6.45, 7) is 0.227. The molecule has 2 aliphatic rings. The number of aryl methyl sites for hydroxylation is 1. The standard InChI is InChI=1S/C28H26F2N4O3.K/c1-17-22(12-18-4-2-3-5-23(18)37-27(29)30)34-15-20(7-9-25(34)32-17)19-6-8-24(31-14-19)33-11-10-21-13-28(21,16-33)26(35)36;/h2-9,14-15,21,27H,10-13,16H2,1H3,(H,35,36);/q;+1/p-1. The fraction of sp³-hybridized carbons (Fsp3) is 0.321. The molecule has 0 spiro atoms. The molecular formula is C28H25F2KN4O3. The van der Waals surface area contributed by atoms with Gasteiger partial charge in [0, 0.05) is 65.7 Å². The minimum Gasteiger partial charge on any atom is -0.549 e. The van der Waals surface area contributed by atoms with Crippen molar-refractivity contribution < 1.29 is 74.8 Å². The molecule has 7 nitrogen and oxygen atoms in total. The molecule has 1 aliphatic heterocycles. The monoisotopic (exact) mass is 542 g/mol. The number of carbonyl (C=O) groups is 1. The average Bonchev–Trinajstić information content (AvgIpc) is 3.56. The zero-order valence-corrected chi connectivity index (χ0v) is 24.4. The van der Waals surface area contributed by atoms with E-state index in [1.807, 2.05) is 46.7 Å². The van der Waals surface area contributed by atoms with E-state index in [1.54, 1.807) is 30.5 Å². The number of rotatable bonds is 7. The Labute approximate surface area is 261 Å². The Morgan fingerprint density at radius 1 is 1.18 bits per heavy atom. The van der Waals surface area contributed by atoms with Crippen molar-refractivity contribution in [3.8, 4) is 16.9 Å². The maximum Gasteiger partial charge on any atom is 1.00 e. The Bertz CT molecular complexity index is 1490. The Balaban J connectivity index is 0.00000294. The number of ether oxygens (including phenoxy) is 1. The molecule has 4 heterocycles. The minimum absolute atomic E-state index is 0. The van der Waals surface area contributed by atoms with Crippen molar-refractivity contribution >= 4 is 17.4 Å². The average molecular weight is 543 g/mol. The number of imidazole rings is 1. The molecule has 0 N–H and O–H groups in total. The number of carbonyl (C=O) groups excluding carboxylic acids is 1.